The van der Waals surface area contributed by atoms with Crippen molar-refractivity contribution in [2.24, 2.45) is 0 Å². The number of para-hydroxylation sites is 1. The molecule has 0 radical (unpaired) electrons. The molecule has 0 heterocycles. The summed E-state index contributed by atoms with van der Waals surface area (Å²) < 4.78 is 11.6. The van der Waals surface area contributed by atoms with E-state index in [4.69, 9.17) is 9.47 Å². The van der Waals surface area contributed by atoms with Crippen LogP contribution in [0.5, 0.6) is 5.75 Å². The highest BCUT2D eigenvalue weighted by atomic mass is 16.5. The third-order valence-corrected chi connectivity index (χ3v) is 5.80. The monoisotopic (exact) mass is 411 g/mol. The van der Waals surface area contributed by atoms with Crippen LogP contribution < -0.4 is 4.74 Å². The number of rotatable bonds is 16. The SMILES string of the molecule is CCCCCCCCN(CCOCCOc1ccccc1)C(C)(C)c1ccccc1. The zero-order chi connectivity index (χ0) is 21.5. The minimum atomic E-state index is -0.00538. The topological polar surface area (TPSA) is 21.7 Å². The Morgan fingerprint density at radius 2 is 1.33 bits per heavy atom. The van der Waals surface area contributed by atoms with Crippen molar-refractivity contribution in [3.8, 4) is 5.75 Å². The summed E-state index contributed by atoms with van der Waals surface area (Å²) in [6.07, 6.45) is 7.94. The van der Waals surface area contributed by atoms with Crippen molar-refractivity contribution >= 4 is 0 Å². The molecule has 0 aliphatic rings. The molecule has 2 aromatic carbocycles. The Balaban J connectivity index is 1.78. The largest absolute Gasteiger partial charge is 0.491 e. The van der Waals surface area contributed by atoms with Gasteiger partial charge in [-0.3, -0.25) is 4.90 Å². The lowest BCUT2D eigenvalue weighted by molar-refractivity contribution is 0.0440. The summed E-state index contributed by atoms with van der Waals surface area (Å²) in [5.41, 5.74) is 1.36. The van der Waals surface area contributed by atoms with Crippen LogP contribution in [-0.4, -0.2) is 37.8 Å². The highest BCUT2D eigenvalue weighted by Gasteiger charge is 2.27. The van der Waals surface area contributed by atoms with Crippen LogP contribution in [0.25, 0.3) is 0 Å². The highest BCUT2D eigenvalue weighted by Crippen LogP contribution is 2.28. The van der Waals surface area contributed by atoms with Gasteiger partial charge in [0, 0.05) is 12.1 Å². The smallest absolute Gasteiger partial charge is 0.119 e. The van der Waals surface area contributed by atoms with E-state index in [1.165, 1.54) is 44.1 Å². The van der Waals surface area contributed by atoms with Crippen LogP contribution >= 0.6 is 0 Å². The summed E-state index contributed by atoms with van der Waals surface area (Å²) in [7, 11) is 0. The molecule has 0 saturated heterocycles. The van der Waals surface area contributed by atoms with E-state index in [1.807, 2.05) is 30.3 Å². The van der Waals surface area contributed by atoms with Gasteiger partial charge in [0.05, 0.1) is 13.2 Å². The lowest BCUT2D eigenvalue weighted by atomic mass is 9.91. The molecule has 2 rings (SSSR count). The third-order valence-electron chi connectivity index (χ3n) is 5.80. The summed E-state index contributed by atoms with van der Waals surface area (Å²) in [4.78, 5) is 2.58. The van der Waals surface area contributed by atoms with Crippen LogP contribution in [0.1, 0.15) is 64.9 Å². The molecule has 0 bridgehead atoms. The van der Waals surface area contributed by atoms with Crippen molar-refractivity contribution in [3.05, 3.63) is 66.2 Å². The molecule has 0 N–H and O–H groups in total. The van der Waals surface area contributed by atoms with Gasteiger partial charge in [-0.15, -0.1) is 0 Å². The first kappa shape index (κ1) is 24.4. The van der Waals surface area contributed by atoms with Crippen molar-refractivity contribution in [1.29, 1.82) is 0 Å². The van der Waals surface area contributed by atoms with Gasteiger partial charge < -0.3 is 9.47 Å². The molecule has 0 aromatic heterocycles. The summed E-state index contributed by atoms with van der Waals surface area (Å²) >= 11 is 0. The van der Waals surface area contributed by atoms with Crippen LogP contribution in [0, 0.1) is 0 Å². The van der Waals surface area contributed by atoms with Crippen molar-refractivity contribution in [2.75, 3.05) is 32.9 Å². The Hall–Kier alpha value is -1.84. The summed E-state index contributed by atoms with van der Waals surface area (Å²) in [6.45, 7) is 10.9. The van der Waals surface area contributed by atoms with Gasteiger partial charge in [-0.1, -0.05) is 87.6 Å². The molecule has 0 aliphatic carbocycles. The molecule has 3 nitrogen and oxygen atoms in total. The summed E-state index contributed by atoms with van der Waals surface area (Å²) in [5.74, 6) is 0.899. The van der Waals surface area contributed by atoms with Crippen LogP contribution in [0.3, 0.4) is 0 Å². The molecule has 0 fully saturated rings. The Morgan fingerprint density at radius 3 is 2.03 bits per heavy atom. The van der Waals surface area contributed by atoms with Crippen molar-refractivity contribution in [3.63, 3.8) is 0 Å². The Kier molecular flexibility index (Phi) is 11.6. The fourth-order valence-corrected chi connectivity index (χ4v) is 3.79. The Bertz CT molecular complexity index is 657. The van der Waals surface area contributed by atoms with Gasteiger partial charge in [-0.25, -0.2) is 0 Å². The lowest BCUT2D eigenvalue weighted by Gasteiger charge is -2.39. The van der Waals surface area contributed by atoms with Crippen molar-refractivity contribution in [1.82, 2.24) is 4.90 Å². The number of hydrogen-bond acceptors (Lipinski definition) is 3. The van der Waals surface area contributed by atoms with Crippen LogP contribution in [0.2, 0.25) is 0 Å². The highest BCUT2D eigenvalue weighted by molar-refractivity contribution is 5.23. The molecule has 30 heavy (non-hydrogen) atoms. The molecule has 0 unspecified atom stereocenters. The van der Waals surface area contributed by atoms with Gasteiger partial charge in [-0.2, -0.15) is 0 Å². The molecule has 0 saturated carbocycles. The second-order valence-electron chi connectivity index (χ2n) is 8.45. The summed E-state index contributed by atoms with van der Waals surface area (Å²) in [5, 5.41) is 0. The quantitative estimate of drug-likeness (QED) is 0.288. The number of nitrogens with zero attached hydrogens (tertiary/aromatic N) is 1. The van der Waals surface area contributed by atoms with E-state index in [9.17, 15) is 0 Å². The standard InChI is InChI=1S/C27H41NO2/c1-4-5-6-7-8-15-20-28(27(2,3)25-16-11-9-12-17-25)21-22-29-23-24-30-26-18-13-10-14-19-26/h9-14,16-19H,4-8,15,20-24H2,1-3H3. The zero-order valence-electron chi connectivity index (χ0n) is 19.3. The molecular weight excluding hydrogens is 370 g/mol. The fraction of sp³-hybridized carbons (Fsp3) is 0.556. The fourth-order valence-electron chi connectivity index (χ4n) is 3.79. The average molecular weight is 412 g/mol. The van der Waals surface area contributed by atoms with E-state index in [2.05, 4.69) is 56.0 Å². The molecule has 0 spiro atoms. The molecule has 3 heteroatoms. The van der Waals surface area contributed by atoms with E-state index in [0.29, 0.717) is 13.2 Å². The number of hydrogen-bond donors (Lipinski definition) is 0. The molecule has 2 aromatic rings. The number of benzene rings is 2. The molecular formula is C27H41NO2. The van der Waals surface area contributed by atoms with E-state index < -0.39 is 0 Å². The van der Waals surface area contributed by atoms with E-state index in [0.717, 1.165) is 25.4 Å². The maximum Gasteiger partial charge on any atom is 0.119 e. The zero-order valence-corrected chi connectivity index (χ0v) is 19.3. The summed E-state index contributed by atoms with van der Waals surface area (Å²) in [6, 6.07) is 20.8. The van der Waals surface area contributed by atoms with Gasteiger partial charge in [0.2, 0.25) is 0 Å². The number of ether oxygens (including phenoxy) is 2. The predicted molar refractivity (Wildman–Crippen MR) is 127 cm³/mol. The third kappa shape index (κ3) is 8.89. The second kappa shape index (κ2) is 14.2. The lowest BCUT2D eigenvalue weighted by Crippen LogP contribution is -2.44. The van der Waals surface area contributed by atoms with Crippen molar-refractivity contribution < 1.29 is 9.47 Å². The first-order chi connectivity index (χ1) is 14.6. The number of unbranched alkanes of at least 4 members (excludes halogenated alkanes) is 5. The normalized spacial score (nSPS) is 11.7. The van der Waals surface area contributed by atoms with Crippen LogP contribution in [0.4, 0.5) is 0 Å². The molecule has 0 amide bonds. The van der Waals surface area contributed by atoms with Gasteiger partial charge in [-0.05, 0) is 44.5 Å². The van der Waals surface area contributed by atoms with E-state index >= 15 is 0 Å². The van der Waals surface area contributed by atoms with E-state index in [-0.39, 0.29) is 5.54 Å². The Labute approximate surface area is 184 Å². The molecule has 0 aliphatic heterocycles. The Morgan fingerprint density at radius 1 is 0.700 bits per heavy atom. The average Bonchev–Trinajstić information content (AvgIpc) is 2.78. The maximum atomic E-state index is 5.91. The van der Waals surface area contributed by atoms with Crippen LogP contribution in [0.15, 0.2) is 60.7 Å². The minimum absolute atomic E-state index is 0.00538. The van der Waals surface area contributed by atoms with Crippen molar-refractivity contribution in [2.45, 2.75) is 64.8 Å². The molecule has 166 valence electrons. The second-order valence-corrected chi connectivity index (χ2v) is 8.45. The van der Waals surface area contributed by atoms with E-state index in [1.54, 1.807) is 0 Å². The van der Waals surface area contributed by atoms with Gasteiger partial charge in [0.15, 0.2) is 0 Å². The van der Waals surface area contributed by atoms with Crippen LogP contribution in [-0.2, 0) is 10.3 Å². The molecule has 0 atom stereocenters. The minimum Gasteiger partial charge on any atom is -0.491 e. The van der Waals surface area contributed by atoms with Gasteiger partial charge >= 0.3 is 0 Å². The first-order valence-corrected chi connectivity index (χ1v) is 11.7. The predicted octanol–water partition coefficient (Wildman–Crippen LogP) is 6.68. The van der Waals surface area contributed by atoms with Gasteiger partial charge in [0.25, 0.3) is 0 Å². The van der Waals surface area contributed by atoms with Gasteiger partial charge in [0.1, 0.15) is 12.4 Å². The maximum absolute atomic E-state index is 5.91. The first-order valence-electron chi connectivity index (χ1n) is 11.7.